The summed E-state index contributed by atoms with van der Waals surface area (Å²) in [6.07, 6.45) is 3.54. The Bertz CT molecular complexity index is 800. The van der Waals surface area contributed by atoms with Crippen molar-refractivity contribution in [2.24, 2.45) is 5.10 Å². The van der Waals surface area contributed by atoms with E-state index in [-0.39, 0.29) is 5.91 Å². The molecule has 25 heavy (non-hydrogen) atoms. The molecule has 2 aromatic rings. The van der Waals surface area contributed by atoms with E-state index in [1.54, 1.807) is 12.3 Å². The molecular formula is C20H21BrN2O2. The minimum atomic E-state index is -0.159. The van der Waals surface area contributed by atoms with Crippen molar-refractivity contribution in [1.82, 2.24) is 5.43 Å². The first-order chi connectivity index (χ1) is 12.0. The summed E-state index contributed by atoms with van der Waals surface area (Å²) in [5, 5.41) is 4.05. The molecule has 0 aromatic heterocycles. The number of nitrogens with one attached hydrogen (secondary N) is 1. The first kappa shape index (κ1) is 18.9. The number of rotatable bonds is 7. The molecule has 0 saturated heterocycles. The summed E-state index contributed by atoms with van der Waals surface area (Å²) in [5.74, 6) is 0.518. The van der Waals surface area contributed by atoms with Gasteiger partial charge in [-0.2, -0.15) is 5.10 Å². The molecule has 0 spiro atoms. The van der Waals surface area contributed by atoms with Gasteiger partial charge in [0.2, 0.25) is 5.91 Å². The largest absolute Gasteiger partial charge is 0.489 e. The van der Waals surface area contributed by atoms with E-state index in [9.17, 15) is 4.79 Å². The number of ether oxygens (including phenoxy) is 1. The molecule has 0 aliphatic heterocycles. The summed E-state index contributed by atoms with van der Waals surface area (Å²) in [6.45, 7) is 8.05. The molecule has 4 nitrogen and oxygen atoms in total. The number of aryl methyl sites for hydroxylation is 2. The Morgan fingerprint density at radius 1 is 1.28 bits per heavy atom. The van der Waals surface area contributed by atoms with Gasteiger partial charge in [-0.3, -0.25) is 4.79 Å². The van der Waals surface area contributed by atoms with Crippen molar-refractivity contribution in [2.45, 2.75) is 20.3 Å². The van der Waals surface area contributed by atoms with Gasteiger partial charge < -0.3 is 4.74 Å². The molecule has 0 aliphatic carbocycles. The van der Waals surface area contributed by atoms with Gasteiger partial charge in [-0.15, -0.1) is 0 Å². The van der Waals surface area contributed by atoms with Crippen LogP contribution in [-0.2, 0) is 11.2 Å². The van der Waals surface area contributed by atoms with Gasteiger partial charge >= 0.3 is 0 Å². The van der Waals surface area contributed by atoms with E-state index < -0.39 is 0 Å². The maximum Gasteiger partial charge on any atom is 0.244 e. The van der Waals surface area contributed by atoms with Crippen LogP contribution >= 0.6 is 15.9 Å². The molecule has 0 fully saturated rings. The predicted molar refractivity (Wildman–Crippen MR) is 105 cm³/mol. The number of carbonyl (C=O) groups excluding carboxylic acids is 1. The minimum absolute atomic E-state index is 0.159. The number of amides is 1. The van der Waals surface area contributed by atoms with Crippen LogP contribution < -0.4 is 10.2 Å². The number of benzene rings is 2. The molecule has 1 amide bonds. The average molecular weight is 401 g/mol. The Balaban J connectivity index is 2.02. The van der Waals surface area contributed by atoms with E-state index in [1.165, 1.54) is 0 Å². The molecule has 0 radical (unpaired) electrons. The first-order valence-corrected chi connectivity index (χ1v) is 8.70. The van der Waals surface area contributed by atoms with Crippen LogP contribution in [0.4, 0.5) is 0 Å². The van der Waals surface area contributed by atoms with E-state index in [0.29, 0.717) is 18.8 Å². The highest BCUT2D eigenvalue weighted by Crippen LogP contribution is 2.21. The van der Waals surface area contributed by atoms with Gasteiger partial charge in [-0.05, 0) is 43.2 Å². The number of halogens is 1. The number of nitrogens with zero attached hydrogens (tertiary/aromatic N) is 1. The van der Waals surface area contributed by atoms with E-state index in [0.717, 1.165) is 26.7 Å². The van der Waals surface area contributed by atoms with Crippen molar-refractivity contribution in [3.63, 3.8) is 0 Å². The van der Waals surface area contributed by atoms with E-state index in [4.69, 9.17) is 4.74 Å². The van der Waals surface area contributed by atoms with Gasteiger partial charge in [0.25, 0.3) is 0 Å². The van der Waals surface area contributed by atoms with Crippen molar-refractivity contribution >= 4 is 28.1 Å². The van der Waals surface area contributed by atoms with Crippen LogP contribution in [0.3, 0.4) is 0 Å². The Morgan fingerprint density at radius 2 is 2.08 bits per heavy atom. The second-order valence-electron chi connectivity index (χ2n) is 5.68. The molecule has 5 heteroatoms. The predicted octanol–water partition coefficient (Wildman–Crippen LogP) is 4.32. The number of hydrogen-bond donors (Lipinski definition) is 1. The summed E-state index contributed by atoms with van der Waals surface area (Å²) < 4.78 is 6.48. The Hall–Kier alpha value is -2.40. The lowest BCUT2D eigenvalue weighted by Gasteiger charge is -2.08. The lowest BCUT2D eigenvalue weighted by Crippen LogP contribution is -2.20. The summed E-state index contributed by atoms with van der Waals surface area (Å²) in [5.41, 5.74) is 6.57. The molecule has 130 valence electrons. The number of hydrogen-bond acceptors (Lipinski definition) is 3. The van der Waals surface area contributed by atoms with Gasteiger partial charge in [-0.25, -0.2) is 5.43 Å². The molecule has 0 bridgehead atoms. The van der Waals surface area contributed by atoms with Crippen LogP contribution in [0, 0.1) is 13.8 Å². The molecule has 0 unspecified atom stereocenters. The number of hydrazone groups is 1. The van der Waals surface area contributed by atoms with Crippen LogP contribution in [0.2, 0.25) is 0 Å². The maximum atomic E-state index is 12.1. The smallest absolute Gasteiger partial charge is 0.244 e. The maximum absolute atomic E-state index is 12.1. The SMILES string of the molecule is C=CCOc1ccc(Br)cc1/C=N/NC(=O)Cc1cc(C)ccc1C. The fraction of sp³-hybridized carbons (Fsp3) is 0.200. The third kappa shape index (κ3) is 5.87. The second kappa shape index (κ2) is 9.18. The first-order valence-electron chi connectivity index (χ1n) is 7.91. The normalized spacial score (nSPS) is 10.7. The van der Waals surface area contributed by atoms with Crippen molar-refractivity contribution in [1.29, 1.82) is 0 Å². The fourth-order valence-electron chi connectivity index (χ4n) is 2.28. The van der Waals surface area contributed by atoms with Crippen molar-refractivity contribution in [3.05, 3.63) is 75.8 Å². The Morgan fingerprint density at radius 3 is 2.84 bits per heavy atom. The van der Waals surface area contributed by atoms with Gasteiger partial charge in [0, 0.05) is 10.0 Å². The summed E-state index contributed by atoms with van der Waals surface area (Å²) in [7, 11) is 0. The molecule has 0 aliphatic rings. The zero-order valence-electron chi connectivity index (χ0n) is 14.4. The van der Waals surface area contributed by atoms with E-state index in [1.807, 2.05) is 50.2 Å². The highest BCUT2D eigenvalue weighted by molar-refractivity contribution is 9.10. The second-order valence-corrected chi connectivity index (χ2v) is 6.60. The standard InChI is InChI=1S/C20H21BrN2O2/c1-4-9-25-19-8-7-18(21)11-17(19)13-22-23-20(24)12-16-10-14(2)5-6-15(16)3/h4-8,10-11,13H,1,9,12H2,2-3H3,(H,23,24)/b22-13+. The van der Waals surface area contributed by atoms with Crippen molar-refractivity contribution < 1.29 is 9.53 Å². The monoisotopic (exact) mass is 400 g/mol. The van der Waals surface area contributed by atoms with Crippen LogP contribution in [-0.4, -0.2) is 18.7 Å². The van der Waals surface area contributed by atoms with E-state index >= 15 is 0 Å². The zero-order chi connectivity index (χ0) is 18.2. The fourth-order valence-corrected chi connectivity index (χ4v) is 2.66. The van der Waals surface area contributed by atoms with Gasteiger partial charge in [0.15, 0.2) is 0 Å². The molecule has 0 heterocycles. The van der Waals surface area contributed by atoms with Crippen LogP contribution in [0.15, 0.2) is 58.6 Å². The van der Waals surface area contributed by atoms with Gasteiger partial charge in [0.1, 0.15) is 12.4 Å². The van der Waals surface area contributed by atoms with Gasteiger partial charge in [-0.1, -0.05) is 52.3 Å². The molecule has 2 aromatic carbocycles. The number of carbonyl (C=O) groups is 1. The van der Waals surface area contributed by atoms with Crippen LogP contribution in [0.1, 0.15) is 22.3 Å². The molecule has 1 N–H and O–H groups in total. The summed E-state index contributed by atoms with van der Waals surface area (Å²) in [4.78, 5) is 12.1. The quantitative estimate of drug-likeness (QED) is 0.427. The molecule has 0 atom stereocenters. The summed E-state index contributed by atoms with van der Waals surface area (Å²) >= 11 is 3.42. The Kier molecular flexibility index (Phi) is 6.95. The van der Waals surface area contributed by atoms with Crippen molar-refractivity contribution in [2.75, 3.05) is 6.61 Å². The molecule has 0 saturated carbocycles. The van der Waals surface area contributed by atoms with Gasteiger partial charge in [0.05, 0.1) is 12.6 Å². The average Bonchev–Trinajstić information content (AvgIpc) is 2.57. The Labute approximate surface area is 156 Å². The van der Waals surface area contributed by atoms with Crippen LogP contribution in [0.5, 0.6) is 5.75 Å². The molecule has 2 rings (SSSR count). The third-order valence-electron chi connectivity index (χ3n) is 3.58. The summed E-state index contributed by atoms with van der Waals surface area (Å²) in [6, 6.07) is 11.7. The lowest BCUT2D eigenvalue weighted by atomic mass is 10.0. The highest BCUT2D eigenvalue weighted by Gasteiger charge is 2.06. The zero-order valence-corrected chi connectivity index (χ0v) is 16.0. The third-order valence-corrected chi connectivity index (χ3v) is 4.07. The topological polar surface area (TPSA) is 50.7 Å². The minimum Gasteiger partial charge on any atom is -0.489 e. The molecular weight excluding hydrogens is 380 g/mol. The highest BCUT2D eigenvalue weighted by atomic mass is 79.9. The lowest BCUT2D eigenvalue weighted by molar-refractivity contribution is -0.120. The van der Waals surface area contributed by atoms with E-state index in [2.05, 4.69) is 33.0 Å². The van der Waals surface area contributed by atoms with Crippen LogP contribution in [0.25, 0.3) is 0 Å². The van der Waals surface area contributed by atoms with Crippen molar-refractivity contribution in [3.8, 4) is 5.75 Å².